The molecule has 0 aromatic carbocycles. The quantitative estimate of drug-likeness (QED) is 0.806. The lowest BCUT2D eigenvalue weighted by Gasteiger charge is -2.23. The SMILES string of the molecule is CC(O)(C1=CCCO1)c1ccc(F)cn1. The summed E-state index contributed by atoms with van der Waals surface area (Å²) in [4.78, 5) is 3.85. The second-order valence-corrected chi connectivity index (χ2v) is 3.64. The number of hydrogen-bond acceptors (Lipinski definition) is 3. The predicted molar refractivity (Wildman–Crippen MR) is 52.4 cm³/mol. The van der Waals surface area contributed by atoms with Crippen molar-refractivity contribution in [2.45, 2.75) is 18.9 Å². The normalized spacial score (nSPS) is 19.3. The predicted octanol–water partition coefficient (Wildman–Crippen LogP) is 1.73. The molecule has 1 atom stereocenters. The third kappa shape index (κ3) is 1.85. The Balaban J connectivity index is 2.32. The van der Waals surface area contributed by atoms with E-state index in [0.717, 1.165) is 12.6 Å². The zero-order valence-electron chi connectivity index (χ0n) is 8.40. The zero-order chi connectivity index (χ0) is 10.9. The topological polar surface area (TPSA) is 42.4 Å². The summed E-state index contributed by atoms with van der Waals surface area (Å²) in [6.07, 6.45) is 3.69. The molecule has 0 radical (unpaired) electrons. The standard InChI is InChI=1S/C11H12FNO2/c1-11(14,10-3-2-6-15-10)9-5-4-8(12)7-13-9/h3-5,7,14H,2,6H2,1H3. The van der Waals surface area contributed by atoms with Crippen LogP contribution in [0, 0.1) is 5.82 Å². The number of hydrogen-bond donors (Lipinski definition) is 1. The van der Waals surface area contributed by atoms with E-state index < -0.39 is 11.4 Å². The molecule has 0 bridgehead atoms. The van der Waals surface area contributed by atoms with Gasteiger partial charge in [-0.2, -0.15) is 0 Å². The molecule has 4 heteroatoms. The van der Waals surface area contributed by atoms with Gasteiger partial charge in [-0.05, 0) is 25.1 Å². The number of aliphatic hydroxyl groups is 1. The Morgan fingerprint density at radius 2 is 2.33 bits per heavy atom. The first-order chi connectivity index (χ1) is 7.10. The van der Waals surface area contributed by atoms with Gasteiger partial charge in [0.1, 0.15) is 11.6 Å². The fourth-order valence-electron chi connectivity index (χ4n) is 1.55. The number of pyridine rings is 1. The van der Waals surface area contributed by atoms with Crippen LogP contribution < -0.4 is 0 Å². The smallest absolute Gasteiger partial charge is 0.160 e. The Labute approximate surface area is 87.2 Å². The van der Waals surface area contributed by atoms with Crippen LogP contribution in [0.1, 0.15) is 19.0 Å². The molecule has 0 spiro atoms. The van der Waals surface area contributed by atoms with Crippen molar-refractivity contribution < 1.29 is 14.2 Å². The van der Waals surface area contributed by atoms with Gasteiger partial charge in [0.25, 0.3) is 0 Å². The lowest BCUT2D eigenvalue weighted by atomic mass is 9.99. The Morgan fingerprint density at radius 1 is 1.53 bits per heavy atom. The van der Waals surface area contributed by atoms with E-state index in [1.54, 1.807) is 6.92 Å². The van der Waals surface area contributed by atoms with Crippen LogP contribution in [0.15, 0.2) is 30.2 Å². The summed E-state index contributed by atoms with van der Waals surface area (Å²) in [5, 5.41) is 10.2. The number of rotatable bonds is 2. The third-order valence-corrected chi connectivity index (χ3v) is 2.41. The minimum absolute atomic E-state index is 0.386. The third-order valence-electron chi connectivity index (χ3n) is 2.41. The number of halogens is 1. The maximum absolute atomic E-state index is 12.7. The highest BCUT2D eigenvalue weighted by molar-refractivity contribution is 5.24. The van der Waals surface area contributed by atoms with E-state index >= 15 is 0 Å². The summed E-state index contributed by atoms with van der Waals surface area (Å²) in [7, 11) is 0. The molecule has 1 aliphatic rings. The minimum Gasteiger partial charge on any atom is -0.494 e. The summed E-state index contributed by atoms with van der Waals surface area (Å²) in [6, 6.07) is 2.73. The number of ether oxygens (including phenoxy) is 1. The molecule has 0 saturated heterocycles. The Morgan fingerprint density at radius 3 is 2.87 bits per heavy atom. The second-order valence-electron chi connectivity index (χ2n) is 3.64. The van der Waals surface area contributed by atoms with Crippen molar-refractivity contribution in [2.24, 2.45) is 0 Å². The average molecular weight is 209 g/mol. The molecule has 15 heavy (non-hydrogen) atoms. The van der Waals surface area contributed by atoms with Crippen molar-refractivity contribution in [2.75, 3.05) is 6.61 Å². The van der Waals surface area contributed by atoms with Crippen LogP contribution >= 0.6 is 0 Å². The fourth-order valence-corrected chi connectivity index (χ4v) is 1.55. The van der Waals surface area contributed by atoms with Crippen LogP contribution in [-0.4, -0.2) is 16.7 Å². The van der Waals surface area contributed by atoms with E-state index in [-0.39, 0.29) is 0 Å². The molecular formula is C11H12FNO2. The molecule has 1 aromatic rings. The molecule has 0 fully saturated rings. The van der Waals surface area contributed by atoms with Gasteiger partial charge in [0.05, 0.1) is 18.5 Å². The van der Waals surface area contributed by atoms with Gasteiger partial charge >= 0.3 is 0 Å². The van der Waals surface area contributed by atoms with E-state index in [2.05, 4.69) is 4.98 Å². The fraction of sp³-hybridized carbons (Fsp3) is 0.364. The molecular weight excluding hydrogens is 197 g/mol. The summed E-state index contributed by atoms with van der Waals surface area (Å²) in [5.41, 5.74) is -0.887. The van der Waals surface area contributed by atoms with Crippen LogP contribution in [-0.2, 0) is 10.3 Å². The molecule has 0 saturated carbocycles. The van der Waals surface area contributed by atoms with Gasteiger partial charge in [-0.3, -0.25) is 4.98 Å². The monoisotopic (exact) mass is 209 g/mol. The summed E-state index contributed by atoms with van der Waals surface area (Å²) in [5.74, 6) is 0.0671. The summed E-state index contributed by atoms with van der Waals surface area (Å²) < 4.78 is 17.9. The molecule has 2 rings (SSSR count). The first-order valence-electron chi connectivity index (χ1n) is 4.78. The Kier molecular flexibility index (Phi) is 2.44. The van der Waals surface area contributed by atoms with Gasteiger partial charge < -0.3 is 9.84 Å². The van der Waals surface area contributed by atoms with Crippen molar-refractivity contribution in [3.8, 4) is 0 Å². The highest BCUT2D eigenvalue weighted by Crippen LogP contribution is 2.31. The minimum atomic E-state index is -1.27. The van der Waals surface area contributed by atoms with Gasteiger partial charge in [-0.1, -0.05) is 0 Å². The van der Waals surface area contributed by atoms with Gasteiger partial charge in [0.15, 0.2) is 5.60 Å². The first kappa shape index (κ1) is 10.1. The molecule has 2 heterocycles. The molecule has 0 aliphatic carbocycles. The molecule has 3 nitrogen and oxygen atoms in total. The van der Waals surface area contributed by atoms with Crippen LogP contribution in [0.3, 0.4) is 0 Å². The molecule has 1 aliphatic heterocycles. The lowest BCUT2D eigenvalue weighted by molar-refractivity contribution is 0.0281. The molecule has 0 amide bonds. The average Bonchev–Trinajstić information content (AvgIpc) is 2.71. The van der Waals surface area contributed by atoms with Gasteiger partial charge in [0, 0.05) is 6.42 Å². The number of nitrogens with zero attached hydrogens (tertiary/aromatic N) is 1. The summed E-state index contributed by atoms with van der Waals surface area (Å²) >= 11 is 0. The highest BCUT2D eigenvalue weighted by atomic mass is 19.1. The van der Waals surface area contributed by atoms with E-state index in [9.17, 15) is 9.50 Å². The van der Waals surface area contributed by atoms with Crippen LogP contribution in [0.25, 0.3) is 0 Å². The maximum Gasteiger partial charge on any atom is 0.160 e. The zero-order valence-corrected chi connectivity index (χ0v) is 8.40. The van der Waals surface area contributed by atoms with Crippen molar-refractivity contribution in [1.82, 2.24) is 4.98 Å². The van der Waals surface area contributed by atoms with Gasteiger partial charge in [-0.25, -0.2) is 4.39 Å². The maximum atomic E-state index is 12.7. The second kappa shape index (κ2) is 3.62. The summed E-state index contributed by atoms with van der Waals surface area (Å²) in [6.45, 7) is 2.16. The molecule has 80 valence electrons. The largest absolute Gasteiger partial charge is 0.494 e. The molecule has 1 N–H and O–H groups in total. The van der Waals surface area contributed by atoms with Crippen molar-refractivity contribution in [3.63, 3.8) is 0 Å². The van der Waals surface area contributed by atoms with Gasteiger partial charge in [-0.15, -0.1) is 0 Å². The van der Waals surface area contributed by atoms with Crippen molar-refractivity contribution in [3.05, 3.63) is 41.7 Å². The van der Waals surface area contributed by atoms with Crippen LogP contribution in [0.2, 0.25) is 0 Å². The lowest BCUT2D eigenvalue weighted by Crippen LogP contribution is -2.25. The Bertz CT molecular complexity index is 384. The van der Waals surface area contributed by atoms with E-state index in [1.807, 2.05) is 6.08 Å². The molecule has 1 aromatic heterocycles. The Hall–Kier alpha value is -1.42. The van der Waals surface area contributed by atoms with E-state index in [4.69, 9.17) is 4.74 Å². The first-order valence-corrected chi connectivity index (χ1v) is 4.78. The molecule has 1 unspecified atom stereocenters. The van der Waals surface area contributed by atoms with Crippen molar-refractivity contribution >= 4 is 0 Å². The van der Waals surface area contributed by atoms with E-state index in [1.165, 1.54) is 12.1 Å². The number of aromatic nitrogens is 1. The van der Waals surface area contributed by atoms with Crippen LogP contribution in [0.4, 0.5) is 4.39 Å². The van der Waals surface area contributed by atoms with E-state index in [0.29, 0.717) is 18.1 Å². The highest BCUT2D eigenvalue weighted by Gasteiger charge is 2.32. The van der Waals surface area contributed by atoms with Crippen molar-refractivity contribution in [1.29, 1.82) is 0 Å². The van der Waals surface area contributed by atoms with Gasteiger partial charge in [0.2, 0.25) is 0 Å². The van der Waals surface area contributed by atoms with Crippen LogP contribution in [0.5, 0.6) is 0 Å².